The Morgan fingerprint density at radius 2 is 1.10 bits per heavy atom. The van der Waals surface area contributed by atoms with Crippen LogP contribution in [0.1, 0.15) is 127 Å². The minimum Gasteiger partial charge on any atom is -0.230 e. The molecule has 1 aliphatic carbocycles. The van der Waals surface area contributed by atoms with Crippen molar-refractivity contribution in [2.45, 2.75) is 155 Å². The number of hydrogen-bond donors (Lipinski definition) is 0. The maximum atomic E-state index is 6.05. The van der Waals surface area contributed by atoms with Crippen molar-refractivity contribution in [3.8, 4) is 0 Å². The van der Waals surface area contributed by atoms with Crippen LogP contribution in [-0.4, -0.2) is 28.7 Å². The van der Waals surface area contributed by atoms with Gasteiger partial charge in [0.15, 0.2) is 6.10 Å². The molecule has 0 heterocycles. The molecular formula is C24H48O6. The second-order valence-electron chi connectivity index (χ2n) is 10.6. The lowest BCUT2D eigenvalue weighted by molar-refractivity contribution is -0.578. The van der Waals surface area contributed by atoms with Crippen LogP contribution in [0.3, 0.4) is 0 Å². The van der Waals surface area contributed by atoms with E-state index < -0.39 is 23.1 Å². The lowest BCUT2D eigenvalue weighted by Gasteiger charge is -2.43. The molecule has 0 radical (unpaired) electrons. The molecule has 30 heavy (non-hydrogen) atoms. The van der Waals surface area contributed by atoms with E-state index in [0.717, 1.165) is 57.8 Å². The van der Waals surface area contributed by atoms with E-state index in [9.17, 15) is 0 Å². The van der Waals surface area contributed by atoms with E-state index in [4.69, 9.17) is 29.3 Å². The standard InChI is InChI=1S/C24H48O6/c1-10-16-21(4,5)26-25-20-15-13-14-19-24(20,29-27-22(6,7)17-11-2)30-28-23(8,9)18-12-3/h20H,10-19H2,1-9H3. The van der Waals surface area contributed by atoms with Gasteiger partial charge in [0.05, 0.1) is 16.8 Å². The lowest BCUT2D eigenvalue weighted by Crippen LogP contribution is -2.53. The first kappa shape index (κ1) is 27.8. The van der Waals surface area contributed by atoms with Gasteiger partial charge in [-0.3, -0.25) is 0 Å². The summed E-state index contributed by atoms with van der Waals surface area (Å²) in [4.78, 5) is 35.7. The van der Waals surface area contributed by atoms with Crippen molar-refractivity contribution in [3.63, 3.8) is 0 Å². The highest BCUT2D eigenvalue weighted by Crippen LogP contribution is 2.39. The average molecular weight is 433 g/mol. The van der Waals surface area contributed by atoms with Gasteiger partial charge >= 0.3 is 0 Å². The van der Waals surface area contributed by atoms with Crippen molar-refractivity contribution in [1.82, 2.24) is 0 Å². The van der Waals surface area contributed by atoms with Crippen LogP contribution in [0.25, 0.3) is 0 Å². The van der Waals surface area contributed by atoms with Crippen LogP contribution in [0, 0.1) is 0 Å². The predicted molar refractivity (Wildman–Crippen MR) is 118 cm³/mol. The Hall–Kier alpha value is -0.240. The van der Waals surface area contributed by atoms with E-state index in [1.165, 1.54) is 0 Å². The highest BCUT2D eigenvalue weighted by Gasteiger charge is 2.50. The van der Waals surface area contributed by atoms with Crippen LogP contribution in [0.15, 0.2) is 0 Å². The summed E-state index contributed by atoms with van der Waals surface area (Å²) >= 11 is 0. The molecule has 1 saturated carbocycles. The topological polar surface area (TPSA) is 55.4 Å². The SMILES string of the molecule is CCCC(C)(C)OOC1CCCCC1(OOC(C)(C)CCC)OOC(C)(C)CCC. The lowest BCUT2D eigenvalue weighted by atomic mass is 9.91. The van der Waals surface area contributed by atoms with Gasteiger partial charge in [0.2, 0.25) is 0 Å². The zero-order valence-corrected chi connectivity index (χ0v) is 21.1. The number of hydrogen-bond acceptors (Lipinski definition) is 6. The molecule has 0 saturated heterocycles. The molecule has 6 heteroatoms. The molecule has 1 atom stereocenters. The number of rotatable bonds is 15. The van der Waals surface area contributed by atoms with Gasteiger partial charge in [-0.2, -0.15) is 9.78 Å². The monoisotopic (exact) mass is 432 g/mol. The molecule has 1 fully saturated rings. The van der Waals surface area contributed by atoms with Crippen molar-refractivity contribution >= 4 is 0 Å². The van der Waals surface area contributed by atoms with Crippen LogP contribution < -0.4 is 0 Å². The summed E-state index contributed by atoms with van der Waals surface area (Å²) in [5, 5.41) is 0. The van der Waals surface area contributed by atoms with E-state index in [1.54, 1.807) is 0 Å². The Morgan fingerprint density at radius 1 is 0.667 bits per heavy atom. The molecule has 0 aromatic heterocycles. The molecule has 0 bridgehead atoms. The minimum absolute atomic E-state index is 0.386. The van der Waals surface area contributed by atoms with E-state index >= 15 is 0 Å². The van der Waals surface area contributed by atoms with Gasteiger partial charge in [0, 0.05) is 6.42 Å². The van der Waals surface area contributed by atoms with Crippen LogP contribution >= 0.6 is 0 Å². The summed E-state index contributed by atoms with van der Waals surface area (Å²) in [5.74, 6) is -1.17. The van der Waals surface area contributed by atoms with Crippen LogP contribution in [-0.2, 0) is 29.3 Å². The molecule has 0 amide bonds. The Labute approximate surface area is 185 Å². The van der Waals surface area contributed by atoms with Crippen LogP contribution in [0.5, 0.6) is 0 Å². The fourth-order valence-corrected chi connectivity index (χ4v) is 3.89. The van der Waals surface area contributed by atoms with Gasteiger partial charge in [0.1, 0.15) is 0 Å². The normalized spacial score (nSPS) is 20.5. The maximum absolute atomic E-state index is 6.05. The first-order valence-corrected chi connectivity index (χ1v) is 12.0. The zero-order valence-electron chi connectivity index (χ0n) is 21.1. The Balaban J connectivity index is 3.00. The first-order chi connectivity index (χ1) is 13.9. The van der Waals surface area contributed by atoms with Gasteiger partial charge in [-0.15, -0.1) is 0 Å². The first-order valence-electron chi connectivity index (χ1n) is 12.0. The summed E-state index contributed by atoms with van der Waals surface area (Å²) in [6.07, 6.45) is 8.51. The molecule has 0 aromatic carbocycles. The summed E-state index contributed by atoms with van der Waals surface area (Å²) in [7, 11) is 0. The molecule has 0 aliphatic heterocycles. The summed E-state index contributed by atoms with van der Waals surface area (Å²) in [5.41, 5.74) is -1.26. The summed E-state index contributed by atoms with van der Waals surface area (Å²) in [6, 6.07) is 0. The molecule has 6 nitrogen and oxygen atoms in total. The van der Waals surface area contributed by atoms with Gasteiger partial charge in [0.25, 0.3) is 5.79 Å². The second-order valence-corrected chi connectivity index (χ2v) is 10.6. The van der Waals surface area contributed by atoms with Crippen molar-refractivity contribution in [2.24, 2.45) is 0 Å². The maximum Gasteiger partial charge on any atom is 0.262 e. The van der Waals surface area contributed by atoms with Gasteiger partial charge < -0.3 is 0 Å². The quantitative estimate of drug-likeness (QED) is 0.155. The molecule has 0 N–H and O–H groups in total. The largest absolute Gasteiger partial charge is 0.262 e. The molecular weight excluding hydrogens is 384 g/mol. The highest BCUT2D eigenvalue weighted by atomic mass is 17.3. The van der Waals surface area contributed by atoms with Gasteiger partial charge in [-0.1, -0.05) is 46.5 Å². The Bertz CT molecular complexity index is 452. The minimum atomic E-state index is -1.17. The van der Waals surface area contributed by atoms with Crippen molar-refractivity contribution < 1.29 is 29.3 Å². The van der Waals surface area contributed by atoms with Gasteiger partial charge in [-0.05, 0) is 73.6 Å². The Kier molecular flexibility index (Phi) is 11.2. The molecule has 1 aliphatic rings. The molecule has 1 unspecified atom stereocenters. The second kappa shape index (κ2) is 12.1. The summed E-state index contributed by atoms with van der Waals surface area (Å²) < 4.78 is 0. The van der Waals surface area contributed by atoms with Crippen LogP contribution in [0.2, 0.25) is 0 Å². The zero-order chi connectivity index (χ0) is 22.9. The predicted octanol–water partition coefficient (Wildman–Crippen LogP) is 7.21. The fourth-order valence-electron chi connectivity index (χ4n) is 3.89. The third-order valence-corrected chi connectivity index (χ3v) is 5.49. The highest BCUT2D eigenvalue weighted by molar-refractivity contribution is 4.84. The third kappa shape index (κ3) is 9.49. The van der Waals surface area contributed by atoms with Crippen molar-refractivity contribution in [1.29, 1.82) is 0 Å². The molecule has 0 spiro atoms. The van der Waals surface area contributed by atoms with E-state index in [0.29, 0.717) is 6.42 Å². The molecule has 0 aromatic rings. The van der Waals surface area contributed by atoms with Crippen LogP contribution in [0.4, 0.5) is 0 Å². The third-order valence-electron chi connectivity index (χ3n) is 5.49. The summed E-state index contributed by atoms with van der Waals surface area (Å²) in [6.45, 7) is 18.5. The van der Waals surface area contributed by atoms with Gasteiger partial charge in [-0.25, -0.2) is 19.6 Å². The van der Waals surface area contributed by atoms with E-state index in [2.05, 4.69) is 20.8 Å². The fraction of sp³-hybridized carbons (Fsp3) is 1.00. The average Bonchev–Trinajstić information content (AvgIpc) is 2.64. The van der Waals surface area contributed by atoms with E-state index in [1.807, 2.05) is 41.5 Å². The Morgan fingerprint density at radius 3 is 1.53 bits per heavy atom. The molecule has 180 valence electrons. The van der Waals surface area contributed by atoms with E-state index in [-0.39, 0.29) is 5.60 Å². The van der Waals surface area contributed by atoms with Crippen molar-refractivity contribution in [2.75, 3.05) is 0 Å². The van der Waals surface area contributed by atoms with Crippen molar-refractivity contribution in [3.05, 3.63) is 0 Å². The molecule has 1 rings (SSSR count). The smallest absolute Gasteiger partial charge is 0.230 e.